The van der Waals surface area contributed by atoms with Gasteiger partial charge < -0.3 is 20.3 Å². The monoisotopic (exact) mass is 926 g/mol. The van der Waals surface area contributed by atoms with Crippen LogP contribution in [0, 0.1) is 0 Å². The number of hydrogen-bond donors (Lipinski definition) is 3. The van der Waals surface area contributed by atoms with Gasteiger partial charge in [0.25, 0.3) is 0 Å². The predicted octanol–water partition coefficient (Wildman–Crippen LogP) is 17.8. The Balaban J connectivity index is 3.42. The fourth-order valence-corrected chi connectivity index (χ4v) is 8.59. The van der Waals surface area contributed by atoms with Gasteiger partial charge in [-0.3, -0.25) is 9.59 Å². The molecule has 2 atom stereocenters. The highest BCUT2D eigenvalue weighted by Gasteiger charge is 2.18. The number of hydrogen-bond acceptors (Lipinski definition) is 5. The molecule has 0 saturated carbocycles. The summed E-state index contributed by atoms with van der Waals surface area (Å²) in [7, 11) is 0. The van der Waals surface area contributed by atoms with Crippen LogP contribution in [0.2, 0.25) is 0 Å². The first-order chi connectivity index (χ1) is 32.5. The van der Waals surface area contributed by atoms with Crippen molar-refractivity contribution < 1.29 is 24.5 Å². The first-order valence-corrected chi connectivity index (χ1v) is 28.9. The van der Waals surface area contributed by atoms with E-state index in [1.165, 1.54) is 218 Å². The molecule has 1 amide bonds. The molecule has 0 aliphatic rings. The van der Waals surface area contributed by atoms with Gasteiger partial charge >= 0.3 is 5.97 Å². The number of unbranched alkanes of at least 4 members (excludes halogenated alkanes) is 36. The summed E-state index contributed by atoms with van der Waals surface area (Å²) in [5.74, 6) is -0.0778. The number of allylic oxidation sites excluding steroid dienone is 7. The van der Waals surface area contributed by atoms with Crippen molar-refractivity contribution in [2.24, 2.45) is 0 Å². The van der Waals surface area contributed by atoms with E-state index in [0.717, 1.165) is 51.4 Å². The van der Waals surface area contributed by atoms with Crippen molar-refractivity contribution >= 4 is 11.9 Å². The van der Waals surface area contributed by atoms with Crippen LogP contribution in [0.1, 0.15) is 296 Å². The smallest absolute Gasteiger partial charge is 0.305 e. The molecule has 0 fully saturated rings. The summed E-state index contributed by atoms with van der Waals surface area (Å²) in [6.07, 6.45) is 70.0. The standard InChI is InChI=1S/C60H111NO5/c1-3-5-7-9-11-13-15-16-30-34-38-42-46-50-54-60(65)66-55-51-47-43-39-35-31-28-26-24-22-20-18-17-19-21-23-25-27-29-33-37-41-45-49-53-59(64)61-57(56-62)58(63)52-48-44-40-36-32-14-12-10-8-6-4-2/h9,11,15-16,19,21,48,52,57-58,62-63H,3-8,10,12-14,17-18,20,22-47,49-51,53-56H2,1-2H3,(H,61,64)/b11-9-,16-15-,21-19-,52-48+. The van der Waals surface area contributed by atoms with Crippen LogP contribution in [0.25, 0.3) is 0 Å². The zero-order chi connectivity index (χ0) is 47.9. The molecule has 6 heteroatoms. The van der Waals surface area contributed by atoms with Crippen LogP contribution in [0.5, 0.6) is 0 Å². The first-order valence-electron chi connectivity index (χ1n) is 28.9. The number of amides is 1. The molecule has 0 aliphatic heterocycles. The number of aliphatic hydroxyl groups excluding tert-OH is 2. The first kappa shape index (κ1) is 63.8. The van der Waals surface area contributed by atoms with Gasteiger partial charge in [-0.25, -0.2) is 0 Å². The van der Waals surface area contributed by atoms with Crippen LogP contribution < -0.4 is 5.32 Å². The third kappa shape index (κ3) is 51.2. The third-order valence-corrected chi connectivity index (χ3v) is 13.1. The summed E-state index contributed by atoms with van der Waals surface area (Å²) >= 11 is 0. The van der Waals surface area contributed by atoms with Crippen LogP contribution in [-0.4, -0.2) is 47.4 Å². The van der Waals surface area contributed by atoms with Crippen LogP contribution in [-0.2, 0) is 14.3 Å². The van der Waals surface area contributed by atoms with E-state index in [1.807, 2.05) is 6.08 Å². The maximum atomic E-state index is 12.4. The lowest BCUT2D eigenvalue weighted by Crippen LogP contribution is -2.45. The predicted molar refractivity (Wildman–Crippen MR) is 287 cm³/mol. The van der Waals surface area contributed by atoms with E-state index in [1.54, 1.807) is 6.08 Å². The van der Waals surface area contributed by atoms with E-state index in [2.05, 4.69) is 55.6 Å². The molecule has 0 saturated heterocycles. The molecule has 0 radical (unpaired) electrons. The van der Waals surface area contributed by atoms with Crippen LogP contribution in [0.3, 0.4) is 0 Å². The van der Waals surface area contributed by atoms with E-state index < -0.39 is 12.1 Å². The van der Waals surface area contributed by atoms with Gasteiger partial charge in [-0.05, 0) is 83.5 Å². The number of rotatable bonds is 53. The highest BCUT2D eigenvalue weighted by molar-refractivity contribution is 5.76. The largest absolute Gasteiger partial charge is 0.466 e. The zero-order valence-corrected chi connectivity index (χ0v) is 43.9. The maximum Gasteiger partial charge on any atom is 0.305 e. The second-order valence-electron chi connectivity index (χ2n) is 19.6. The number of carbonyl (C=O) groups excluding carboxylic acids is 2. The van der Waals surface area contributed by atoms with Crippen LogP contribution >= 0.6 is 0 Å². The number of esters is 1. The second kappa shape index (κ2) is 55.4. The van der Waals surface area contributed by atoms with Gasteiger partial charge in [-0.15, -0.1) is 0 Å². The Morgan fingerprint density at radius 2 is 0.773 bits per heavy atom. The van der Waals surface area contributed by atoms with E-state index in [9.17, 15) is 19.8 Å². The van der Waals surface area contributed by atoms with Crippen molar-refractivity contribution in [2.45, 2.75) is 309 Å². The molecule has 6 nitrogen and oxygen atoms in total. The molecule has 66 heavy (non-hydrogen) atoms. The minimum absolute atomic E-state index is 0.00331. The van der Waals surface area contributed by atoms with E-state index in [0.29, 0.717) is 19.4 Å². The molecular formula is C60H111NO5. The van der Waals surface area contributed by atoms with Crippen molar-refractivity contribution in [1.29, 1.82) is 0 Å². The lowest BCUT2D eigenvalue weighted by molar-refractivity contribution is -0.143. The maximum absolute atomic E-state index is 12.4. The highest BCUT2D eigenvalue weighted by atomic mass is 16.5. The topological polar surface area (TPSA) is 95.9 Å². The van der Waals surface area contributed by atoms with Crippen molar-refractivity contribution in [3.63, 3.8) is 0 Å². The number of carbonyl (C=O) groups is 2. The highest BCUT2D eigenvalue weighted by Crippen LogP contribution is 2.16. The molecule has 0 bridgehead atoms. The van der Waals surface area contributed by atoms with Gasteiger partial charge in [-0.1, -0.05) is 249 Å². The van der Waals surface area contributed by atoms with Gasteiger partial charge in [0.15, 0.2) is 0 Å². The average molecular weight is 927 g/mol. The molecule has 0 rings (SSSR count). The zero-order valence-electron chi connectivity index (χ0n) is 43.9. The van der Waals surface area contributed by atoms with Gasteiger partial charge in [0.2, 0.25) is 5.91 Å². The van der Waals surface area contributed by atoms with Crippen molar-refractivity contribution in [2.75, 3.05) is 13.2 Å². The SMILES string of the molecule is CCCC/C=C\C/C=C\CCCCCCCC(=O)OCCCCCCCCCCCCCC/C=C\CCCCCCCCCCC(=O)NC(CO)C(O)/C=C/CCCCCCCCCCC. The summed E-state index contributed by atoms with van der Waals surface area (Å²) < 4.78 is 5.47. The Morgan fingerprint density at radius 3 is 1.21 bits per heavy atom. The summed E-state index contributed by atoms with van der Waals surface area (Å²) in [5.41, 5.74) is 0. The Labute approximate surface area is 410 Å². The Hall–Kier alpha value is -2.18. The molecule has 0 aromatic rings. The molecule has 0 heterocycles. The normalized spacial score (nSPS) is 13.0. The minimum Gasteiger partial charge on any atom is -0.466 e. The van der Waals surface area contributed by atoms with Crippen molar-refractivity contribution in [1.82, 2.24) is 5.32 Å². The molecule has 0 spiro atoms. The number of aliphatic hydroxyl groups is 2. The molecule has 0 aromatic heterocycles. The average Bonchev–Trinajstić information content (AvgIpc) is 3.32. The molecule has 0 aliphatic carbocycles. The van der Waals surface area contributed by atoms with Crippen molar-refractivity contribution in [3.8, 4) is 0 Å². The Bertz CT molecular complexity index is 1110. The lowest BCUT2D eigenvalue weighted by Gasteiger charge is -2.20. The summed E-state index contributed by atoms with van der Waals surface area (Å²) in [6.45, 7) is 4.84. The molecule has 2 unspecified atom stereocenters. The Morgan fingerprint density at radius 1 is 0.424 bits per heavy atom. The van der Waals surface area contributed by atoms with Gasteiger partial charge in [0, 0.05) is 12.8 Å². The molecular weight excluding hydrogens is 815 g/mol. The quantitative estimate of drug-likeness (QED) is 0.0321. The number of nitrogens with one attached hydrogen (secondary N) is 1. The van der Waals surface area contributed by atoms with E-state index >= 15 is 0 Å². The fraction of sp³-hybridized carbons (Fsp3) is 0.833. The van der Waals surface area contributed by atoms with Crippen molar-refractivity contribution in [3.05, 3.63) is 48.6 Å². The van der Waals surface area contributed by atoms with Crippen LogP contribution in [0.15, 0.2) is 48.6 Å². The third-order valence-electron chi connectivity index (χ3n) is 13.1. The summed E-state index contributed by atoms with van der Waals surface area (Å²) in [5, 5.41) is 23.0. The van der Waals surface area contributed by atoms with E-state index in [-0.39, 0.29) is 18.5 Å². The van der Waals surface area contributed by atoms with E-state index in [4.69, 9.17) is 4.74 Å². The summed E-state index contributed by atoms with van der Waals surface area (Å²) in [6, 6.07) is -0.630. The van der Waals surface area contributed by atoms with Gasteiger partial charge in [0.1, 0.15) is 0 Å². The Kier molecular flexibility index (Phi) is 53.6. The minimum atomic E-state index is -0.846. The summed E-state index contributed by atoms with van der Waals surface area (Å²) in [4.78, 5) is 24.4. The lowest BCUT2D eigenvalue weighted by atomic mass is 10.0. The molecule has 386 valence electrons. The number of ether oxygens (including phenoxy) is 1. The molecule has 0 aromatic carbocycles. The second-order valence-corrected chi connectivity index (χ2v) is 19.6. The van der Waals surface area contributed by atoms with Crippen LogP contribution in [0.4, 0.5) is 0 Å². The molecule has 3 N–H and O–H groups in total. The fourth-order valence-electron chi connectivity index (χ4n) is 8.59. The van der Waals surface area contributed by atoms with Gasteiger partial charge in [-0.2, -0.15) is 0 Å². The van der Waals surface area contributed by atoms with Gasteiger partial charge in [0.05, 0.1) is 25.4 Å².